The van der Waals surface area contributed by atoms with E-state index in [9.17, 15) is 8.42 Å². The van der Waals surface area contributed by atoms with Gasteiger partial charge in [0, 0.05) is 37.6 Å². The molecule has 0 radical (unpaired) electrons. The molecule has 0 N–H and O–H groups in total. The predicted octanol–water partition coefficient (Wildman–Crippen LogP) is 2.38. The van der Waals surface area contributed by atoms with Gasteiger partial charge in [0.1, 0.15) is 10.6 Å². The highest BCUT2D eigenvalue weighted by Crippen LogP contribution is 2.50. The first-order valence-electron chi connectivity index (χ1n) is 9.59. The zero-order valence-electron chi connectivity index (χ0n) is 16.6. The van der Waals surface area contributed by atoms with Crippen LogP contribution in [0.15, 0.2) is 13.8 Å². The third-order valence-electron chi connectivity index (χ3n) is 5.92. The summed E-state index contributed by atoms with van der Waals surface area (Å²) >= 11 is 0. The van der Waals surface area contributed by atoms with E-state index in [1.807, 2.05) is 13.8 Å². The highest BCUT2D eigenvalue weighted by molar-refractivity contribution is 7.89. The Morgan fingerprint density at radius 2 is 1.89 bits per heavy atom. The first-order valence-corrected chi connectivity index (χ1v) is 11.0. The van der Waals surface area contributed by atoms with E-state index < -0.39 is 10.0 Å². The van der Waals surface area contributed by atoms with Crippen molar-refractivity contribution in [2.45, 2.75) is 57.3 Å². The standard InChI is InChI=1S/C18H26N4O5S/c1-11(2)16-19-20-17(26-16)14-9-22(10-18(14)5-7-25-8-6-18)28(23,24)15-12(3)21-27-13(15)4/h11,14H,5-10H2,1-4H3. The third kappa shape index (κ3) is 3.07. The molecule has 4 rings (SSSR count). The lowest BCUT2D eigenvalue weighted by Crippen LogP contribution is -2.37. The number of hydrogen-bond acceptors (Lipinski definition) is 8. The minimum atomic E-state index is -3.74. The van der Waals surface area contributed by atoms with Crippen LogP contribution in [0.25, 0.3) is 0 Å². The van der Waals surface area contributed by atoms with Gasteiger partial charge in [-0.25, -0.2) is 8.42 Å². The summed E-state index contributed by atoms with van der Waals surface area (Å²) in [6.07, 6.45) is 1.51. The van der Waals surface area contributed by atoms with Crippen LogP contribution in [0.2, 0.25) is 0 Å². The molecule has 154 valence electrons. The van der Waals surface area contributed by atoms with Crippen molar-refractivity contribution in [1.82, 2.24) is 19.7 Å². The Balaban J connectivity index is 1.72. The molecule has 2 aliphatic rings. The Morgan fingerprint density at radius 1 is 1.18 bits per heavy atom. The zero-order valence-corrected chi connectivity index (χ0v) is 17.5. The third-order valence-corrected chi connectivity index (χ3v) is 7.98. The molecule has 9 nitrogen and oxygen atoms in total. The van der Waals surface area contributed by atoms with Crippen molar-refractivity contribution >= 4 is 10.0 Å². The monoisotopic (exact) mass is 410 g/mol. The maximum Gasteiger partial charge on any atom is 0.248 e. The second-order valence-corrected chi connectivity index (χ2v) is 9.99. The maximum absolute atomic E-state index is 13.4. The topological polar surface area (TPSA) is 112 Å². The fraction of sp³-hybridized carbons (Fsp3) is 0.722. The SMILES string of the molecule is Cc1noc(C)c1S(=O)(=O)N1CC(c2nnc(C(C)C)o2)C2(CCOCC2)C1. The van der Waals surface area contributed by atoms with Gasteiger partial charge in [-0.15, -0.1) is 10.2 Å². The molecule has 0 saturated carbocycles. The number of ether oxygens (including phenoxy) is 1. The lowest BCUT2D eigenvalue weighted by Gasteiger charge is -2.36. The van der Waals surface area contributed by atoms with Crippen LogP contribution in [-0.2, 0) is 14.8 Å². The van der Waals surface area contributed by atoms with Crippen molar-refractivity contribution < 1.29 is 22.1 Å². The highest BCUT2D eigenvalue weighted by Gasteiger charge is 2.54. The number of nitrogens with zero attached hydrogens (tertiary/aromatic N) is 4. The van der Waals surface area contributed by atoms with E-state index in [1.165, 1.54) is 4.31 Å². The Labute approximate surface area is 164 Å². The molecule has 0 amide bonds. The van der Waals surface area contributed by atoms with Crippen LogP contribution in [0.1, 0.15) is 61.8 Å². The minimum Gasteiger partial charge on any atom is -0.425 e. The summed E-state index contributed by atoms with van der Waals surface area (Å²) in [4.78, 5) is 0.156. The summed E-state index contributed by atoms with van der Waals surface area (Å²) in [5.74, 6) is 1.36. The summed E-state index contributed by atoms with van der Waals surface area (Å²) in [5, 5.41) is 12.3. The van der Waals surface area contributed by atoms with E-state index in [4.69, 9.17) is 13.7 Å². The molecule has 2 saturated heterocycles. The van der Waals surface area contributed by atoms with Gasteiger partial charge in [-0.05, 0) is 26.7 Å². The molecule has 4 heterocycles. The van der Waals surface area contributed by atoms with Crippen LogP contribution in [-0.4, -0.2) is 54.4 Å². The lowest BCUT2D eigenvalue weighted by molar-refractivity contribution is 0.0110. The van der Waals surface area contributed by atoms with E-state index in [0.29, 0.717) is 49.5 Å². The first kappa shape index (κ1) is 19.5. The highest BCUT2D eigenvalue weighted by atomic mass is 32.2. The molecule has 1 unspecified atom stereocenters. The molecule has 1 atom stereocenters. The Hall–Kier alpha value is -1.78. The van der Waals surface area contributed by atoms with Gasteiger partial charge in [0.2, 0.25) is 21.8 Å². The van der Waals surface area contributed by atoms with Gasteiger partial charge in [-0.2, -0.15) is 4.31 Å². The normalized spacial score (nSPS) is 23.1. The van der Waals surface area contributed by atoms with Crippen molar-refractivity contribution in [3.8, 4) is 0 Å². The van der Waals surface area contributed by atoms with E-state index in [-0.39, 0.29) is 22.1 Å². The van der Waals surface area contributed by atoms with Gasteiger partial charge in [0.25, 0.3) is 0 Å². The van der Waals surface area contributed by atoms with Crippen LogP contribution in [0, 0.1) is 19.3 Å². The molecule has 10 heteroatoms. The fourth-order valence-electron chi connectivity index (χ4n) is 4.32. The number of aromatic nitrogens is 3. The van der Waals surface area contributed by atoms with Crippen molar-refractivity contribution in [3.05, 3.63) is 23.2 Å². The largest absolute Gasteiger partial charge is 0.425 e. The second kappa shape index (κ2) is 6.93. The average molecular weight is 410 g/mol. The van der Waals surface area contributed by atoms with Crippen LogP contribution in [0.4, 0.5) is 0 Å². The summed E-state index contributed by atoms with van der Waals surface area (Å²) < 4.78 is 44.9. The molecule has 0 aromatic carbocycles. The van der Waals surface area contributed by atoms with Crippen LogP contribution in [0.3, 0.4) is 0 Å². The van der Waals surface area contributed by atoms with Crippen molar-refractivity contribution in [3.63, 3.8) is 0 Å². The summed E-state index contributed by atoms with van der Waals surface area (Å²) in [6, 6.07) is 0. The number of sulfonamides is 1. The molecule has 0 bridgehead atoms. The number of hydrogen-bond donors (Lipinski definition) is 0. The molecule has 1 spiro atoms. The maximum atomic E-state index is 13.4. The van der Waals surface area contributed by atoms with Crippen molar-refractivity contribution in [2.24, 2.45) is 5.41 Å². The van der Waals surface area contributed by atoms with E-state index in [1.54, 1.807) is 13.8 Å². The Kier molecular flexibility index (Phi) is 4.83. The summed E-state index contributed by atoms with van der Waals surface area (Å²) in [7, 11) is -3.74. The molecular formula is C18H26N4O5S. The van der Waals surface area contributed by atoms with E-state index in [2.05, 4.69) is 15.4 Å². The van der Waals surface area contributed by atoms with Crippen LogP contribution < -0.4 is 0 Å². The van der Waals surface area contributed by atoms with Gasteiger partial charge in [-0.1, -0.05) is 19.0 Å². The molecule has 2 fully saturated rings. The quantitative estimate of drug-likeness (QED) is 0.755. The van der Waals surface area contributed by atoms with E-state index in [0.717, 1.165) is 12.8 Å². The van der Waals surface area contributed by atoms with Gasteiger partial charge < -0.3 is 13.7 Å². The van der Waals surface area contributed by atoms with Gasteiger partial charge in [0.15, 0.2) is 5.76 Å². The molecular weight excluding hydrogens is 384 g/mol. The average Bonchev–Trinajstić information content (AvgIpc) is 3.34. The molecule has 0 aliphatic carbocycles. The summed E-state index contributed by atoms with van der Waals surface area (Å²) in [6.45, 7) is 9.14. The second-order valence-electron chi connectivity index (χ2n) is 8.11. The van der Waals surface area contributed by atoms with E-state index >= 15 is 0 Å². The van der Waals surface area contributed by atoms with Gasteiger partial charge in [-0.3, -0.25) is 0 Å². The van der Waals surface area contributed by atoms with Gasteiger partial charge >= 0.3 is 0 Å². The Morgan fingerprint density at radius 3 is 2.46 bits per heavy atom. The minimum absolute atomic E-state index is 0.121. The van der Waals surface area contributed by atoms with Crippen molar-refractivity contribution in [2.75, 3.05) is 26.3 Å². The van der Waals surface area contributed by atoms with Crippen molar-refractivity contribution in [1.29, 1.82) is 0 Å². The lowest BCUT2D eigenvalue weighted by atomic mass is 9.72. The molecule has 2 aromatic heterocycles. The zero-order chi connectivity index (χ0) is 20.1. The predicted molar refractivity (Wildman–Crippen MR) is 98.3 cm³/mol. The molecule has 2 aliphatic heterocycles. The van der Waals surface area contributed by atoms with Crippen LogP contribution in [0.5, 0.6) is 0 Å². The molecule has 2 aromatic rings. The summed E-state index contributed by atoms with van der Waals surface area (Å²) in [5.41, 5.74) is 0.104. The first-order chi connectivity index (χ1) is 13.2. The number of aryl methyl sites for hydroxylation is 2. The smallest absolute Gasteiger partial charge is 0.248 e. The van der Waals surface area contributed by atoms with Gasteiger partial charge in [0.05, 0.1) is 5.92 Å². The fourth-order valence-corrected chi connectivity index (χ4v) is 6.17. The van der Waals surface area contributed by atoms with Crippen LogP contribution >= 0.6 is 0 Å². The molecule has 28 heavy (non-hydrogen) atoms. The number of rotatable bonds is 4. The Bertz CT molecular complexity index is 939.